The molecule has 4 heterocycles. The molecule has 0 bridgehead atoms. The second-order valence-corrected chi connectivity index (χ2v) is 8.09. The SMILES string of the molecule is CC1(C)CN(c2ccnc(-c3cc4c(s3)CCNC4)n2)CCN1. The van der Waals surface area contributed by atoms with Gasteiger partial charge in [-0.1, -0.05) is 0 Å². The van der Waals surface area contributed by atoms with Gasteiger partial charge in [-0.2, -0.15) is 0 Å². The lowest BCUT2D eigenvalue weighted by Gasteiger charge is -2.39. The minimum atomic E-state index is 0.122. The number of anilines is 1. The summed E-state index contributed by atoms with van der Waals surface area (Å²) in [5.74, 6) is 1.90. The number of aromatic nitrogens is 2. The van der Waals surface area contributed by atoms with Crippen molar-refractivity contribution in [2.45, 2.75) is 32.4 Å². The molecule has 0 saturated carbocycles. The first-order chi connectivity index (χ1) is 11.1. The van der Waals surface area contributed by atoms with E-state index in [0.717, 1.165) is 50.8 Å². The molecule has 2 N–H and O–H groups in total. The summed E-state index contributed by atoms with van der Waals surface area (Å²) in [4.78, 5) is 14.4. The Balaban J connectivity index is 1.62. The van der Waals surface area contributed by atoms with E-state index < -0.39 is 0 Å². The lowest BCUT2D eigenvalue weighted by atomic mass is 10.0. The fourth-order valence-corrected chi connectivity index (χ4v) is 4.47. The zero-order chi connectivity index (χ0) is 15.9. The Morgan fingerprint density at radius 3 is 3.04 bits per heavy atom. The molecule has 2 aromatic rings. The summed E-state index contributed by atoms with van der Waals surface area (Å²) in [6.07, 6.45) is 3.01. The molecule has 0 unspecified atom stereocenters. The van der Waals surface area contributed by atoms with Gasteiger partial charge >= 0.3 is 0 Å². The molecule has 2 aromatic heterocycles. The van der Waals surface area contributed by atoms with Crippen LogP contribution in [0.1, 0.15) is 24.3 Å². The van der Waals surface area contributed by atoms with Gasteiger partial charge in [0.1, 0.15) is 5.82 Å². The van der Waals surface area contributed by atoms with Gasteiger partial charge < -0.3 is 15.5 Å². The lowest BCUT2D eigenvalue weighted by molar-refractivity contribution is 0.352. The first-order valence-corrected chi connectivity index (χ1v) is 9.08. The highest BCUT2D eigenvalue weighted by Crippen LogP contribution is 2.32. The zero-order valence-electron chi connectivity index (χ0n) is 13.7. The third-order valence-electron chi connectivity index (χ3n) is 4.50. The van der Waals surface area contributed by atoms with Gasteiger partial charge in [0.25, 0.3) is 0 Å². The minimum absolute atomic E-state index is 0.122. The standard InChI is InChI=1S/C17H23N5S/c1-17(2)11-22(8-7-20-17)15-4-6-19-16(21-15)14-9-12-10-18-5-3-13(12)23-14/h4,6,9,18,20H,3,5,7-8,10-11H2,1-2H3. The van der Waals surface area contributed by atoms with Crippen molar-refractivity contribution >= 4 is 17.2 Å². The highest BCUT2D eigenvalue weighted by Gasteiger charge is 2.26. The maximum absolute atomic E-state index is 4.85. The Labute approximate surface area is 141 Å². The molecule has 0 aromatic carbocycles. The molecular formula is C17H23N5S. The van der Waals surface area contributed by atoms with E-state index in [2.05, 4.69) is 40.4 Å². The van der Waals surface area contributed by atoms with Crippen LogP contribution in [0.25, 0.3) is 10.7 Å². The van der Waals surface area contributed by atoms with Gasteiger partial charge in [-0.05, 0) is 38.0 Å². The van der Waals surface area contributed by atoms with Gasteiger partial charge in [-0.15, -0.1) is 11.3 Å². The molecule has 0 amide bonds. The van der Waals surface area contributed by atoms with E-state index in [-0.39, 0.29) is 5.54 Å². The van der Waals surface area contributed by atoms with Crippen LogP contribution in [0.3, 0.4) is 0 Å². The van der Waals surface area contributed by atoms with Crippen molar-refractivity contribution < 1.29 is 0 Å². The molecule has 122 valence electrons. The average molecular weight is 329 g/mol. The predicted molar refractivity (Wildman–Crippen MR) is 95.1 cm³/mol. The number of piperazine rings is 1. The van der Waals surface area contributed by atoms with E-state index in [1.807, 2.05) is 23.6 Å². The summed E-state index contributed by atoms with van der Waals surface area (Å²) in [5.41, 5.74) is 1.53. The van der Waals surface area contributed by atoms with Crippen LogP contribution in [-0.4, -0.2) is 41.7 Å². The van der Waals surface area contributed by atoms with Crippen molar-refractivity contribution in [3.8, 4) is 10.7 Å². The van der Waals surface area contributed by atoms with E-state index in [1.165, 1.54) is 15.3 Å². The summed E-state index contributed by atoms with van der Waals surface area (Å²) in [6, 6.07) is 4.28. The normalized spacial score (nSPS) is 20.3. The topological polar surface area (TPSA) is 53.1 Å². The van der Waals surface area contributed by atoms with E-state index in [9.17, 15) is 0 Å². The quantitative estimate of drug-likeness (QED) is 0.883. The third-order valence-corrected chi connectivity index (χ3v) is 5.73. The van der Waals surface area contributed by atoms with Crippen LogP contribution in [-0.2, 0) is 13.0 Å². The summed E-state index contributed by atoms with van der Waals surface area (Å²) >= 11 is 1.85. The molecular weight excluding hydrogens is 306 g/mol. The summed E-state index contributed by atoms with van der Waals surface area (Å²) in [7, 11) is 0. The molecule has 0 spiro atoms. The zero-order valence-corrected chi connectivity index (χ0v) is 14.5. The van der Waals surface area contributed by atoms with E-state index in [4.69, 9.17) is 4.98 Å². The average Bonchev–Trinajstić information content (AvgIpc) is 2.98. The Morgan fingerprint density at radius 1 is 1.30 bits per heavy atom. The monoisotopic (exact) mass is 329 g/mol. The molecule has 0 atom stereocenters. The maximum Gasteiger partial charge on any atom is 0.171 e. The van der Waals surface area contributed by atoms with Crippen LogP contribution >= 0.6 is 11.3 Å². The van der Waals surface area contributed by atoms with Gasteiger partial charge in [0.05, 0.1) is 4.88 Å². The van der Waals surface area contributed by atoms with Gasteiger partial charge in [-0.3, -0.25) is 0 Å². The fourth-order valence-electron chi connectivity index (χ4n) is 3.34. The van der Waals surface area contributed by atoms with Crippen LogP contribution in [0.15, 0.2) is 18.3 Å². The molecule has 5 nitrogen and oxygen atoms in total. The van der Waals surface area contributed by atoms with Gasteiger partial charge in [0, 0.05) is 49.3 Å². The number of nitrogens with zero attached hydrogens (tertiary/aromatic N) is 3. The van der Waals surface area contributed by atoms with Crippen LogP contribution in [0.5, 0.6) is 0 Å². The van der Waals surface area contributed by atoms with Gasteiger partial charge in [0.2, 0.25) is 0 Å². The number of fused-ring (bicyclic) bond motifs is 1. The number of hydrogen-bond acceptors (Lipinski definition) is 6. The molecule has 1 saturated heterocycles. The Bertz CT molecular complexity index is 685. The predicted octanol–water partition coefficient (Wildman–Crippen LogP) is 2.04. The smallest absolute Gasteiger partial charge is 0.171 e. The lowest BCUT2D eigenvalue weighted by Crippen LogP contribution is -2.57. The van der Waals surface area contributed by atoms with E-state index in [0.29, 0.717) is 0 Å². The number of rotatable bonds is 2. The second-order valence-electron chi connectivity index (χ2n) is 6.96. The van der Waals surface area contributed by atoms with E-state index in [1.54, 1.807) is 0 Å². The van der Waals surface area contributed by atoms with Crippen LogP contribution in [0, 0.1) is 0 Å². The number of hydrogen-bond donors (Lipinski definition) is 2. The van der Waals surface area contributed by atoms with Crippen LogP contribution in [0.4, 0.5) is 5.82 Å². The molecule has 1 fully saturated rings. The number of thiophene rings is 1. The molecule has 0 radical (unpaired) electrons. The highest BCUT2D eigenvalue weighted by molar-refractivity contribution is 7.15. The third kappa shape index (κ3) is 3.11. The summed E-state index contributed by atoms with van der Waals surface area (Å²) in [6.45, 7) is 9.47. The first kappa shape index (κ1) is 15.1. The summed E-state index contributed by atoms with van der Waals surface area (Å²) in [5, 5.41) is 6.98. The fraction of sp³-hybridized carbons (Fsp3) is 0.529. The van der Waals surface area contributed by atoms with Crippen LogP contribution < -0.4 is 15.5 Å². The van der Waals surface area contributed by atoms with E-state index >= 15 is 0 Å². The van der Waals surface area contributed by atoms with Crippen LogP contribution in [0.2, 0.25) is 0 Å². The molecule has 0 aliphatic carbocycles. The summed E-state index contributed by atoms with van der Waals surface area (Å²) < 4.78 is 0. The Kier molecular flexibility index (Phi) is 3.83. The van der Waals surface area contributed by atoms with Crippen molar-refractivity contribution in [2.24, 2.45) is 0 Å². The maximum atomic E-state index is 4.85. The molecule has 6 heteroatoms. The second kappa shape index (κ2) is 5.85. The number of nitrogens with one attached hydrogen (secondary N) is 2. The van der Waals surface area contributed by atoms with Crippen molar-refractivity contribution in [2.75, 3.05) is 31.1 Å². The molecule has 2 aliphatic heterocycles. The minimum Gasteiger partial charge on any atom is -0.353 e. The molecule has 4 rings (SSSR count). The van der Waals surface area contributed by atoms with Crippen molar-refractivity contribution in [1.82, 2.24) is 20.6 Å². The van der Waals surface area contributed by atoms with Gasteiger partial charge in [-0.25, -0.2) is 9.97 Å². The van der Waals surface area contributed by atoms with Gasteiger partial charge in [0.15, 0.2) is 5.82 Å². The first-order valence-electron chi connectivity index (χ1n) is 8.26. The Morgan fingerprint density at radius 2 is 2.22 bits per heavy atom. The molecule has 2 aliphatic rings. The largest absolute Gasteiger partial charge is 0.353 e. The Hall–Kier alpha value is -1.50. The van der Waals surface area contributed by atoms with Crippen molar-refractivity contribution in [1.29, 1.82) is 0 Å². The molecule has 23 heavy (non-hydrogen) atoms. The van der Waals surface area contributed by atoms with Crippen molar-refractivity contribution in [3.05, 3.63) is 28.8 Å². The van der Waals surface area contributed by atoms with Crippen molar-refractivity contribution in [3.63, 3.8) is 0 Å². The highest BCUT2D eigenvalue weighted by atomic mass is 32.1.